The molecular weight excluding hydrogens is 276 g/mol. The zero-order valence-electron chi connectivity index (χ0n) is 12.2. The number of hydrogen-bond acceptors (Lipinski definition) is 3. The summed E-state index contributed by atoms with van der Waals surface area (Å²) in [5, 5.41) is 13.4. The molecule has 0 saturated carbocycles. The van der Waals surface area contributed by atoms with Gasteiger partial charge in [-0.2, -0.15) is 10.4 Å². The molecule has 0 fully saturated rings. The Hall–Kier alpha value is -3.13. The number of amides is 2. The molecule has 0 atom stereocenters. The van der Waals surface area contributed by atoms with E-state index >= 15 is 0 Å². The number of nitriles is 1. The number of nitrogens with one attached hydrogen (secondary N) is 1. The largest absolute Gasteiger partial charge is 0.350 e. The van der Waals surface area contributed by atoms with Crippen molar-refractivity contribution in [1.82, 2.24) is 5.43 Å². The third-order valence-corrected chi connectivity index (χ3v) is 3.21. The highest BCUT2D eigenvalue weighted by Crippen LogP contribution is 2.27. The predicted molar refractivity (Wildman–Crippen MR) is 86.1 cm³/mol. The van der Waals surface area contributed by atoms with Crippen molar-refractivity contribution >= 4 is 11.7 Å². The van der Waals surface area contributed by atoms with Gasteiger partial charge < -0.3 is 5.73 Å². The van der Waals surface area contributed by atoms with Crippen LogP contribution >= 0.6 is 0 Å². The Kier molecular flexibility index (Phi) is 4.89. The summed E-state index contributed by atoms with van der Waals surface area (Å²) in [6.45, 7) is 1.94. The van der Waals surface area contributed by atoms with E-state index in [4.69, 9.17) is 5.73 Å². The summed E-state index contributed by atoms with van der Waals surface area (Å²) in [6.07, 6.45) is 0.617. The normalized spacial score (nSPS) is 10.8. The second-order valence-corrected chi connectivity index (χ2v) is 4.59. The lowest BCUT2D eigenvalue weighted by molar-refractivity contribution is 0.249. The van der Waals surface area contributed by atoms with Crippen LogP contribution in [0.15, 0.2) is 53.6 Å². The molecule has 2 rings (SSSR count). The van der Waals surface area contributed by atoms with E-state index in [0.717, 1.165) is 16.7 Å². The summed E-state index contributed by atoms with van der Waals surface area (Å²) < 4.78 is 0. The van der Waals surface area contributed by atoms with Crippen LogP contribution in [-0.4, -0.2) is 11.7 Å². The van der Waals surface area contributed by atoms with Crippen molar-refractivity contribution in [3.05, 3.63) is 59.7 Å². The Morgan fingerprint density at radius 1 is 1.18 bits per heavy atom. The molecule has 0 radical (unpaired) electrons. The van der Waals surface area contributed by atoms with Gasteiger partial charge in [-0.15, -0.1) is 0 Å². The number of carbonyl (C=O) groups excluding carboxylic acids is 1. The lowest BCUT2D eigenvalue weighted by Crippen LogP contribution is -2.26. The number of nitrogens with two attached hydrogens (primary N) is 1. The Labute approximate surface area is 129 Å². The number of hydrogen-bond donors (Lipinski definition) is 2. The molecule has 0 unspecified atom stereocenters. The number of nitrogens with zero attached hydrogens (tertiary/aromatic N) is 2. The van der Waals surface area contributed by atoms with Crippen LogP contribution in [-0.2, 0) is 0 Å². The first-order chi connectivity index (χ1) is 10.7. The van der Waals surface area contributed by atoms with Crippen molar-refractivity contribution in [3.8, 4) is 17.2 Å². The molecule has 5 nitrogen and oxygen atoms in total. The lowest BCUT2D eigenvalue weighted by Gasteiger charge is -2.12. The van der Waals surface area contributed by atoms with Crippen molar-refractivity contribution in [2.24, 2.45) is 10.8 Å². The van der Waals surface area contributed by atoms with E-state index in [1.54, 1.807) is 6.07 Å². The van der Waals surface area contributed by atoms with Crippen molar-refractivity contribution in [1.29, 1.82) is 5.26 Å². The molecule has 0 spiro atoms. The van der Waals surface area contributed by atoms with Gasteiger partial charge in [0, 0.05) is 11.1 Å². The van der Waals surface area contributed by atoms with Gasteiger partial charge in [0.15, 0.2) is 0 Å². The average molecular weight is 292 g/mol. The Balaban J connectivity index is 2.58. The molecule has 0 aliphatic carbocycles. The molecular formula is C17H16N4O. The molecule has 110 valence electrons. The predicted octanol–water partition coefficient (Wildman–Crippen LogP) is 3.01. The fourth-order valence-corrected chi connectivity index (χ4v) is 2.24. The van der Waals surface area contributed by atoms with Crippen LogP contribution in [0.2, 0.25) is 0 Å². The van der Waals surface area contributed by atoms with E-state index in [1.165, 1.54) is 0 Å². The zero-order valence-corrected chi connectivity index (χ0v) is 12.2. The standard InChI is InChI=1S/C17H16N4O/c1-2-16(20-21-17(19)22)15-10-6-5-9-14(15)13-8-4-3-7-12(13)11-18/h3-10H,2H2,1H3,(H3,19,21,22)/b20-16+. The SMILES string of the molecule is CC/C(=N\NC(N)=O)c1ccccc1-c1ccccc1C#N. The van der Waals surface area contributed by atoms with E-state index in [-0.39, 0.29) is 0 Å². The molecule has 0 heterocycles. The topological polar surface area (TPSA) is 91.3 Å². The number of carbonyl (C=O) groups is 1. The Bertz CT molecular complexity index is 759. The first-order valence-corrected chi connectivity index (χ1v) is 6.88. The van der Waals surface area contributed by atoms with Crippen LogP contribution in [0, 0.1) is 11.3 Å². The van der Waals surface area contributed by atoms with Gasteiger partial charge in [-0.1, -0.05) is 49.4 Å². The number of primary amides is 1. The molecule has 2 aromatic carbocycles. The molecule has 5 heteroatoms. The maximum absolute atomic E-state index is 10.9. The van der Waals surface area contributed by atoms with Crippen molar-refractivity contribution in [2.75, 3.05) is 0 Å². The summed E-state index contributed by atoms with van der Waals surface area (Å²) in [7, 11) is 0. The number of urea groups is 1. The van der Waals surface area contributed by atoms with Gasteiger partial charge in [-0.3, -0.25) is 0 Å². The van der Waals surface area contributed by atoms with Crippen LogP contribution in [0.5, 0.6) is 0 Å². The molecule has 0 aromatic heterocycles. The van der Waals surface area contributed by atoms with Gasteiger partial charge >= 0.3 is 6.03 Å². The maximum Gasteiger partial charge on any atom is 0.332 e. The van der Waals surface area contributed by atoms with E-state index in [2.05, 4.69) is 16.6 Å². The highest BCUT2D eigenvalue weighted by atomic mass is 16.2. The Morgan fingerprint density at radius 3 is 2.45 bits per heavy atom. The summed E-state index contributed by atoms with van der Waals surface area (Å²) in [6, 6.07) is 16.5. The highest BCUT2D eigenvalue weighted by molar-refractivity contribution is 6.06. The molecule has 3 N–H and O–H groups in total. The lowest BCUT2D eigenvalue weighted by atomic mass is 9.93. The maximum atomic E-state index is 10.9. The number of benzene rings is 2. The minimum atomic E-state index is -0.708. The molecule has 2 aromatic rings. The molecule has 0 aliphatic rings. The van der Waals surface area contributed by atoms with Crippen LogP contribution in [0.25, 0.3) is 11.1 Å². The van der Waals surface area contributed by atoms with E-state index in [0.29, 0.717) is 17.7 Å². The van der Waals surface area contributed by atoms with Crippen molar-refractivity contribution in [3.63, 3.8) is 0 Å². The molecule has 22 heavy (non-hydrogen) atoms. The fourth-order valence-electron chi connectivity index (χ4n) is 2.24. The first kappa shape index (κ1) is 15.3. The van der Waals surface area contributed by atoms with Gasteiger partial charge in [0.05, 0.1) is 17.3 Å². The third-order valence-electron chi connectivity index (χ3n) is 3.21. The number of hydrazone groups is 1. The quantitative estimate of drug-likeness (QED) is 0.669. The zero-order chi connectivity index (χ0) is 15.9. The Morgan fingerprint density at radius 2 is 1.82 bits per heavy atom. The minimum absolute atomic E-state index is 0.591. The molecule has 0 bridgehead atoms. The van der Waals surface area contributed by atoms with Gasteiger partial charge in [-0.05, 0) is 18.1 Å². The van der Waals surface area contributed by atoms with E-state index < -0.39 is 6.03 Å². The summed E-state index contributed by atoms with van der Waals surface area (Å²) in [4.78, 5) is 10.9. The summed E-state index contributed by atoms with van der Waals surface area (Å²) in [5.41, 5.74) is 11.2. The third kappa shape index (κ3) is 3.30. The second-order valence-electron chi connectivity index (χ2n) is 4.59. The molecule has 2 amide bonds. The highest BCUT2D eigenvalue weighted by Gasteiger charge is 2.12. The van der Waals surface area contributed by atoms with Gasteiger partial charge in [0.1, 0.15) is 0 Å². The van der Waals surface area contributed by atoms with Crippen LogP contribution < -0.4 is 11.2 Å². The van der Waals surface area contributed by atoms with Gasteiger partial charge in [0.2, 0.25) is 0 Å². The van der Waals surface area contributed by atoms with Crippen LogP contribution in [0.3, 0.4) is 0 Å². The van der Waals surface area contributed by atoms with E-state index in [1.807, 2.05) is 49.4 Å². The number of rotatable bonds is 4. The van der Waals surface area contributed by atoms with E-state index in [9.17, 15) is 10.1 Å². The van der Waals surface area contributed by atoms with Gasteiger partial charge in [-0.25, -0.2) is 10.2 Å². The summed E-state index contributed by atoms with van der Waals surface area (Å²) >= 11 is 0. The van der Waals surface area contributed by atoms with Crippen molar-refractivity contribution < 1.29 is 4.79 Å². The fraction of sp³-hybridized carbons (Fsp3) is 0.118. The second kappa shape index (κ2) is 7.04. The average Bonchev–Trinajstić information content (AvgIpc) is 2.55. The first-order valence-electron chi connectivity index (χ1n) is 6.88. The molecule has 0 aliphatic heterocycles. The van der Waals surface area contributed by atoms with Gasteiger partial charge in [0.25, 0.3) is 0 Å². The van der Waals surface area contributed by atoms with Crippen LogP contribution in [0.1, 0.15) is 24.5 Å². The monoisotopic (exact) mass is 292 g/mol. The smallest absolute Gasteiger partial charge is 0.332 e. The van der Waals surface area contributed by atoms with Crippen molar-refractivity contribution in [2.45, 2.75) is 13.3 Å². The van der Waals surface area contributed by atoms with Crippen LogP contribution in [0.4, 0.5) is 4.79 Å². The molecule has 0 saturated heterocycles. The minimum Gasteiger partial charge on any atom is -0.350 e. The summed E-state index contributed by atoms with van der Waals surface area (Å²) in [5.74, 6) is 0.